The van der Waals surface area contributed by atoms with Crippen LogP contribution in [0.15, 0.2) is 0 Å². The summed E-state index contributed by atoms with van der Waals surface area (Å²) >= 11 is 0. The molecule has 3 N–H and O–H groups in total. The van der Waals surface area contributed by atoms with Crippen molar-refractivity contribution < 1.29 is 4.79 Å². The van der Waals surface area contributed by atoms with E-state index in [1.165, 1.54) is 19.3 Å². The van der Waals surface area contributed by atoms with Gasteiger partial charge in [-0.25, -0.2) is 0 Å². The molecule has 2 rings (SSSR count). The maximum atomic E-state index is 12.0. The van der Waals surface area contributed by atoms with Crippen molar-refractivity contribution >= 4 is 5.91 Å². The summed E-state index contributed by atoms with van der Waals surface area (Å²) in [6.07, 6.45) is 3.62. The van der Waals surface area contributed by atoms with Gasteiger partial charge in [0.2, 0.25) is 5.91 Å². The van der Waals surface area contributed by atoms with Gasteiger partial charge < -0.3 is 11.1 Å². The molecule has 2 bridgehead atoms. The van der Waals surface area contributed by atoms with Crippen LogP contribution in [0.1, 0.15) is 33.1 Å². The second kappa shape index (κ2) is 4.12. The van der Waals surface area contributed by atoms with Gasteiger partial charge in [0, 0.05) is 12.6 Å². The topological polar surface area (TPSA) is 55.1 Å². The van der Waals surface area contributed by atoms with Crippen LogP contribution in [0.5, 0.6) is 0 Å². The lowest BCUT2D eigenvalue weighted by atomic mass is 9.84. The van der Waals surface area contributed by atoms with Gasteiger partial charge in [0.05, 0.1) is 5.92 Å². The van der Waals surface area contributed by atoms with Crippen molar-refractivity contribution in [3.8, 4) is 0 Å². The normalized spacial score (nSPS) is 38.7. The first kappa shape index (κ1) is 10.9. The van der Waals surface area contributed by atoms with Crippen LogP contribution in [-0.4, -0.2) is 18.5 Å². The molecule has 3 nitrogen and oxygen atoms in total. The zero-order valence-corrected chi connectivity index (χ0v) is 9.70. The largest absolute Gasteiger partial charge is 0.356 e. The maximum absolute atomic E-state index is 12.0. The minimum Gasteiger partial charge on any atom is -0.356 e. The minimum atomic E-state index is 0.0995. The summed E-state index contributed by atoms with van der Waals surface area (Å²) in [4.78, 5) is 12.0. The first-order valence-electron chi connectivity index (χ1n) is 6.13. The van der Waals surface area contributed by atoms with Crippen LogP contribution in [0.4, 0.5) is 0 Å². The van der Waals surface area contributed by atoms with Crippen molar-refractivity contribution in [2.24, 2.45) is 29.4 Å². The zero-order chi connectivity index (χ0) is 11.0. The Morgan fingerprint density at radius 3 is 2.60 bits per heavy atom. The summed E-state index contributed by atoms with van der Waals surface area (Å²) in [6, 6.07) is 0.121. The molecule has 2 aliphatic rings. The number of hydrogen-bond acceptors (Lipinski definition) is 2. The number of carbonyl (C=O) groups excluding carboxylic acids is 1. The van der Waals surface area contributed by atoms with Crippen LogP contribution >= 0.6 is 0 Å². The lowest BCUT2D eigenvalue weighted by Gasteiger charge is -2.27. The Labute approximate surface area is 91.8 Å². The Bertz CT molecular complexity index is 250. The Hall–Kier alpha value is -0.570. The fourth-order valence-electron chi connectivity index (χ4n) is 3.15. The van der Waals surface area contributed by atoms with Gasteiger partial charge in [0.15, 0.2) is 0 Å². The Morgan fingerprint density at radius 1 is 1.40 bits per heavy atom. The number of fused-ring (bicyclic) bond motifs is 2. The smallest absolute Gasteiger partial charge is 0.224 e. The molecule has 1 amide bonds. The van der Waals surface area contributed by atoms with E-state index < -0.39 is 0 Å². The van der Waals surface area contributed by atoms with E-state index in [1.54, 1.807) is 0 Å². The van der Waals surface area contributed by atoms with Crippen LogP contribution in [0.2, 0.25) is 0 Å². The lowest BCUT2D eigenvalue weighted by molar-refractivity contribution is -0.127. The zero-order valence-electron chi connectivity index (χ0n) is 9.70. The molecule has 3 heteroatoms. The number of hydrogen-bond donors (Lipinski definition) is 2. The van der Waals surface area contributed by atoms with Gasteiger partial charge in [0.1, 0.15) is 0 Å². The van der Waals surface area contributed by atoms with Gasteiger partial charge in [-0.15, -0.1) is 0 Å². The van der Waals surface area contributed by atoms with Gasteiger partial charge in [0.25, 0.3) is 0 Å². The van der Waals surface area contributed by atoms with E-state index in [1.807, 2.05) is 0 Å². The molecular formula is C12H22N2O. The van der Waals surface area contributed by atoms with Crippen molar-refractivity contribution in [3.63, 3.8) is 0 Å². The van der Waals surface area contributed by atoms with E-state index in [0.29, 0.717) is 17.8 Å². The lowest BCUT2D eigenvalue weighted by Crippen LogP contribution is -2.46. The van der Waals surface area contributed by atoms with E-state index >= 15 is 0 Å². The third kappa shape index (κ3) is 2.03. The average molecular weight is 210 g/mol. The van der Waals surface area contributed by atoms with Gasteiger partial charge >= 0.3 is 0 Å². The van der Waals surface area contributed by atoms with Crippen molar-refractivity contribution in [2.75, 3.05) is 6.54 Å². The quantitative estimate of drug-likeness (QED) is 0.733. The van der Waals surface area contributed by atoms with Crippen molar-refractivity contribution in [1.29, 1.82) is 0 Å². The van der Waals surface area contributed by atoms with Crippen molar-refractivity contribution in [2.45, 2.75) is 39.2 Å². The van der Waals surface area contributed by atoms with E-state index in [4.69, 9.17) is 5.73 Å². The summed E-state index contributed by atoms with van der Waals surface area (Å²) in [7, 11) is 0. The monoisotopic (exact) mass is 210 g/mol. The molecule has 0 aromatic carbocycles. The van der Waals surface area contributed by atoms with Gasteiger partial charge in [-0.3, -0.25) is 4.79 Å². The molecule has 4 unspecified atom stereocenters. The minimum absolute atomic E-state index is 0.0995. The summed E-state index contributed by atoms with van der Waals surface area (Å²) in [5, 5.41) is 3.02. The molecule has 0 spiro atoms. The summed E-state index contributed by atoms with van der Waals surface area (Å²) in [6.45, 7) is 5.00. The Morgan fingerprint density at radius 2 is 2.07 bits per heavy atom. The van der Waals surface area contributed by atoms with E-state index in [9.17, 15) is 4.79 Å². The second-order valence-electron chi connectivity index (χ2n) is 5.58. The van der Waals surface area contributed by atoms with Crippen LogP contribution in [0, 0.1) is 23.7 Å². The average Bonchev–Trinajstić information content (AvgIpc) is 2.74. The van der Waals surface area contributed by atoms with Crippen LogP contribution < -0.4 is 11.1 Å². The van der Waals surface area contributed by atoms with E-state index in [2.05, 4.69) is 19.2 Å². The van der Waals surface area contributed by atoms with Crippen LogP contribution in [0.3, 0.4) is 0 Å². The molecule has 0 aliphatic heterocycles. The van der Waals surface area contributed by atoms with E-state index in [0.717, 1.165) is 6.54 Å². The number of carbonyl (C=O) groups is 1. The molecule has 0 aromatic rings. The SMILES string of the molecule is CC(C)CNC(=O)C1C2CCC(C2)C1N. The summed E-state index contributed by atoms with van der Waals surface area (Å²) in [5.74, 6) is 2.00. The van der Waals surface area contributed by atoms with Crippen LogP contribution in [-0.2, 0) is 4.79 Å². The molecule has 86 valence electrons. The Kier molecular flexibility index (Phi) is 3.01. The predicted octanol–water partition coefficient (Wildman–Crippen LogP) is 1.13. The standard InChI is InChI=1S/C12H22N2O/c1-7(2)6-14-12(15)10-8-3-4-9(5-8)11(10)13/h7-11H,3-6,13H2,1-2H3,(H,14,15). The van der Waals surface area contributed by atoms with Gasteiger partial charge in [-0.2, -0.15) is 0 Å². The fraction of sp³-hybridized carbons (Fsp3) is 0.917. The number of nitrogens with two attached hydrogens (primary N) is 1. The molecule has 0 heterocycles. The molecule has 0 saturated heterocycles. The second-order valence-corrected chi connectivity index (χ2v) is 5.58. The highest BCUT2D eigenvalue weighted by molar-refractivity contribution is 5.80. The number of amides is 1. The van der Waals surface area contributed by atoms with Crippen molar-refractivity contribution in [3.05, 3.63) is 0 Å². The highest BCUT2D eigenvalue weighted by atomic mass is 16.1. The molecule has 0 aromatic heterocycles. The third-order valence-corrected chi connectivity index (χ3v) is 3.97. The highest BCUT2D eigenvalue weighted by Crippen LogP contribution is 2.47. The van der Waals surface area contributed by atoms with E-state index in [-0.39, 0.29) is 17.9 Å². The summed E-state index contributed by atoms with van der Waals surface area (Å²) in [5.41, 5.74) is 6.11. The molecule has 2 aliphatic carbocycles. The maximum Gasteiger partial charge on any atom is 0.224 e. The molecule has 2 saturated carbocycles. The Balaban J connectivity index is 1.90. The molecule has 0 radical (unpaired) electrons. The van der Waals surface area contributed by atoms with Gasteiger partial charge in [-0.05, 0) is 37.0 Å². The number of rotatable bonds is 3. The first-order chi connectivity index (χ1) is 7.09. The first-order valence-corrected chi connectivity index (χ1v) is 6.13. The highest BCUT2D eigenvalue weighted by Gasteiger charge is 2.48. The molecule has 15 heavy (non-hydrogen) atoms. The molecule has 2 fully saturated rings. The molecule has 4 atom stereocenters. The van der Waals surface area contributed by atoms with Gasteiger partial charge in [-0.1, -0.05) is 13.8 Å². The third-order valence-electron chi connectivity index (χ3n) is 3.97. The molecular weight excluding hydrogens is 188 g/mol. The predicted molar refractivity (Wildman–Crippen MR) is 60.1 cm³/mol. The fourth-order valence-corrected chi connectivity index (χ4v) is 3.15. The number of nitrogens with one attached hydrogen (secondary N) is 1. The summed E-state index contributed by atoms with van der Waals surface area (Å²) < 4.78 is 0. The van der Waals surface area contributed by atoms with Crippen molar-refractivity contribution in [1.82, 2.24) is 5.32 Å². The van der Waals surface area contributed by atoms with Crippen LogP contribution in [0.25, 0.3) is 0 Å².